The van der Waals surface area contributed by atoms with E-state index < -0.39 is 0 Å². The Kier molecular flexibility index (Phi) is 6.18. The van der Waals surface area contributed by atoms with Gasteiger partial charge in [-0.15, -0.1) is 0 Å². The van der Waals surface area contributed by atoms with Crippen molar-refractivity contribution < 1.29 is 0 Å². The quantitative estimate of drug-likeness (QED) is 0.189. The minimum Gasteiger partial charge on any atom is -0.309 e. The van der Waals surface area contributed by atoms with Gasteiger partial charge < -0.3 is 4.57 Å². The van der Waals surface area contributed by atoms with Gasteiger partial charge in [0.2, 0.25) is 0 Å². The molecule has 0 aliphatic carbocycles. The summed E-state index contributed by atoms with van der Waals surface area (Å²) in [6.45, 7) is 0. The predicted octanol–water partition coefficient (Wildman–Crippen LogP) is 8.02. The summed E-state index contributed by atoms with van der Waals surface area (Å²) in [6.07, 6.45) is 1.90. The van der Waals surface area contributed by atoms with E-state index in [0.717, 1.165) is 43.9 Å². The number of nitrogens with zero attached hydrogens (tertiary/aromatic N) is 2. The molecule has 1 aromatic heterocycles. The standard InChI is InChI=1S/C29H22BrN3/c30-25-16-18-27(19-17-25)33-28(22-10-4-1-5-11-22)20-24(29(33)23-12-6-2-7-13-23)21-31-32-26-14-8-3-9-15-26/h1-21,32H/b31-21+. The Balaban J connectivity index is 1.70. The third kappa shape index (κ3) is 4.66. The Morgan fingerprint density at radius 2 is 1.24 bits per heavy atom. The summed E-state index contributed by atoms with van der Waals surface area (Å²) in [5, 5.41) is 4.56. The number of para-hydroxylation sites is 1. The number of anilines is 1. The molecular weight excluding hydrogens is 470 g/mol. The van der Waals surface area contributed by atoms with E-state index in [1.165, 1.54) is 0 Å². The molecule has 0 amide bonds. The summed E-state index contributed by atoms with van der Waals surface area (Å²) in [5.74, 6) is 0. The Morgan fingerprint density at radius 1 is 0.667 bits per heavy atom. The number of hydrogen-bond acceptors (Lipinski definition) is 2. The Labute approximate surface area is 202 Å². The minimum atomic E-state index is 0.950. The van der Waals surface area contributed by atoms with Crippen molar-refractivity contribution >= 4 is 27.8 Å². The van der Waals surface area contributed by atoms with Gasteiger partial charge in [0.15, 0.2) is 0 Å². The van der Waals surface area contributed by atoms with Crippen LogP contribution < -0.4 is 5.43 Å². The first-order valence-corrected chi connectivity index (χ1v) is 11.6. The van der Waals surface area contributed by atoms with Crippen molar-refractivity contribution in [2.24, 2.45) is 5.10 Å². The SMILES string of the molecule is Brc1ccc(-n2c(-c3ccccc3)cc(/C=N/Nc3ccccc3)c2-c2ccccc2)cc1. The monoisotopic (exact) mass is 491 g/mol. The molecule has 1 N–H and O–H groups in total. The molecule has 4 aromatic carbocycles. The number of aromatic nitrogens is 1. The number of halogens is 1. The molecule has 0 unspecified atom stereocenters. The lowest BCUT2D eigenvalue weighted by atomic mass is 10.1. The lowest BCUT2D eigenvalue weighted by Crippen LogP contribution is -2.00. The van der Waals surface area contributed by atoms with E-state index in [2.05, 4.69) is 110 Å². The highest BCUT2D eigenvalue weighted by Gasteiger charge is 2.18. The lowest BCUT2D eigenvalue weighted by Gasteiger charge is -2.15. The second-order valence-corrected chi connectivity index (χ2v) is 8.53. The first kappa shape index (κ1) is 21.0. The van der Waals surface area contributed by atoms with Crippen LogP contribution in [0.2, 0.25) is 0 Å². The molecule has 1 heterocycles. The molecule has 0 fully saturated rings. The highest BCUT2D eigenvalue weighted by molar-refractivity contribution is 9.10. The van der Waals surface area contributed by atoms with E-state index in [4.69, 9.17) is 0 Å². The van der Waals surface area contributed by atoms with E-state index in [1.807, 2.05) is 48.7 Å². The normalized spacial score (nSPS) is 11.1. The van der Waals surface area contributed by atoms with Crippen LogP contribution in [0.15, 0.2) is 131 Å². The number of benzene rings is 4. The molecule has 0 radical (unpaired) electrons. The zero-order chi connectivity index (χ0) is 22.5. The average Bonchev–Trinajstić information content (AvgIpc) is 3.26. The molecule has 0 saturated carbocycles. The summed E-state index contributed by atoms with van der Waals surface area (Å²) in [7, 11) is 0. The predicted molar refractivity (Wildman–Crippen MR) is 142 cm³/mol. The van der Waals surface area contributed by atoms with Gasteiger partial charge in [-0.25, -0.2) is 0 Å². The third-order valence-corrected chi connectivity index (χ3v) is 5.93. The van der Waals surface area contributed by atoms with Crippen LogP contribution in [0.25, 0.3) is 28.2 Å². The molecule has 160 valence electrons. The number of hydrazone groups is 1. The summed E-state index contributed by atoms with van der Waals surface area (Å²) in [5.41, 5.74) is 10.7. The highest BCUT2D eigenvalue weighted by atomic mass is 79.9. The molecule has 0 saturated heterocycles. The van der Waals surface area contributed by atoms with Crippen LogP contribution in [0.5, 0.6) is 0 Å². The summed E-state index contributed by atoms with van der Waals surface area (Å²) in [6, 6.07) is 41.5. The van der Waals surface area contributed by atoms with E-state index in [-0.39, 0.29) is 0 Å². The van der Waals surface area contributed by atoms with Crippen molar-refractivity contribution in [3.05, 3.63) is 131 Å². The van der Waals surface area contributed by atoms with E-state index in [0.29, 0.717) is 0 Å². The third-order valence-electron chi connectivity index (χ3n) is 5.40. The molecule has 0 atom stereocenters. The Morgan fingerprint density at radius 3 is 1.88 bits per heavy atom. The van der Waals surface area contributed by atoms with Gasteiger partial charge in [-0.1, -0.05) is 94.8 Å². The van der Waals surface area contributed by atoms with Gasteiger partial charge in [0.05, 0.1) is 23.3 Å². The molecule has 5 rings (SSSR count). The molecular formula is C29H22BrN3. The van der Waals surface area contributed by atoms with Crippen molar-refractivity contribution in [1.82, 2.24) is 4.57 Å². The Hall–Kier alpha value is -3.89. The molecule has 0 spiro atoms. The summed E-state index contributed by atoms with van der Waals surface area (Å²) < 4.78 is 3.36. The van der Waals surface area contributed by atoms with Gasteiger partial charge in [0.25, 0.3) is 0 Å². The van der Waals surface area contributed by atoms with Crippen LogP contribution in [0.1, 0.15) is 5.56 Å². The fourth-order valence-corrected chi connectivity index (χ4v) is 4.15. The van der Waals surface area contributed by atoms with Crippen LogP contribution in [0.4, 0.5) is 5.69 Å². The van der Waals surface area contributed by atoms with Crippen LogP contribution in [0.3, 0.4) is 0 Å². The molecule has 4 heteroatoms. The maximum atomic E-state index is 4.56. The zero-order valence-corrected chi connectivity index (χ0v) is 19.5. The molecule has 3 nitrogen and oxygen atoms in total. The molecule has 0 bridgehead atoms. The Bertz CT molecular complexity index is 1360. The number of hydrogen-bond donors (Lipinski definition) is 1. The fourth-order valence-electron chi connectivity index (χ4n) is 3.89. The molecule has 33 heavy (non-hydrogen) atoms. The smallest absolute Gasteiger partial charge is 0.0623 e. The largest absolute Gasteiger partial charge is 0.309 e. The van der Waals surface area contributed by atoms with Crippen molar-refractivity contribution in [3.8, 4) is 28.2 Å². The topological polar surface area (TPSA) is 29.3 Å². The molecule has 5 aromatic rings. The van der Waals surface area contributed by atoms with Gasteiger partial charge >= 0.3 is 0 Å². The van der Waals surface area contributed by atoms with Crippen LogP contribution >= 0.6 is 15.9 Å². The van der Waals surface area contributed by atoms with Gasteiger partial charge in [-0.05, 0) is 53.6 Å². The number of nitrogens with one attached hydrogen (secondary N) is 1. The maximum Gasteiger partial charge on any atom is 0.0623 e. The molecule has 0 aliphatic rings. The van der Waals surface area contributed by atoms with E-state index in [9.17, 15) is 0 Å². The lowest BCUT2D eigenvalue weighted by molar-refractivity contribution is 1.09. The van der Waals surface area contributed by atoms with Gasteiger partial charge in [0, 0.05) is 15.7 Å². The summed E-state index contributed by atoms with van der Waals surface area (Å²) >= 11 is 3.57. The maximum absolute atomic E-state index is 4.56. The zero-order valence-electron chi connectivity index (χ0n) is 17.9. The van der Waals surface area contributed by atoms with Crippen molar-refractivity contribution in [3.63, 3.8) is 0 Å². The van der Waals surface area contributed by atoms with Gasteiger partial charge in [0.1, 0.15) is 0 Å². The van der Waals surface area contributed by atoms with Crippen LogP contribution in [-0.2, 0) is 0 Å². The average molecular weight is 492 g/mol. The number of rotatable bonds is 6. The van der Waals surface area contributed by atoms with Gasteiger partial charge in [-0.3, -0.25) is 5.43 Å². The van der Waals surface area contributed by atoms with E-state index in [1.54, 1.807) is 0 Å². The summed E-state index contributed by atoms with van der Waals surface area (Å²) in [4.78, 5) is 0. The first-order valence-electron chi connectivity index (χ1n) is 10.8. The van der Waals surface area contributed by atoms with Crippen LogP contribution in [-0.4, -0.2) is 10.8 Å². The second-order valence-electron chi connectivity index (χ2n) is 7.61. The molecule has 0 aliphatic heterocycles. The van der Waals surface area contributed by atoms with Crippen molar-refractivity contribution in [2.45, 2.75) is 0 Å². The first-order chi connectivity index (χ1) is 16.3. The van der Waals surface area contributed by atoms with E-state index >= 15 is 0 Å². The second kappa shape index (κ2) is 9.72. The van der Waals surface area contributed by atoms with Crippen LogP contribution in [0, 0.1) is 0 Å². The van der Waals surface area contributed by atoms with Gasteiger partial charge in [-0.2, -0.15) is 5.10 Å². The fraction of sp³-hybridized carbons (Fsp3) is 0. The van der Waals surface area contributed by atoms with Crippen molar-refractivity contribution in [2.75, 3.05) is 5.43 Å². The minimum absolute atomic E-state index is 0.950. The van der Waals surface area contributed by atoms with Crippen molar-refractivity contribution in [1.29, 1.82) is 0 Å². The highest BCUT2D eigenvalue weighted by Crippen LogP contribution is 2.35.